The van der Waals surface area contributed by atoms with Crippen LogP contribution in [0.3, 0.4) is 0 Å². The number of Topliss-reactive ketones (excluding diaryl/α,β-unsaturated/α-hetero) is 2. The maximum atomic E-state index is 11.9. The van der Waals surface area contributed by atoms with Gasteiger partial charge in [-0.05, 0) is 38.5 Å². The number of allylic oxidation sites excluding steroid dienone is 2. The molecule has 0 amide bonds. The van der Waals surface area contributed by atoms with Gasteiger partial charge in [-0.2, -0.15) is 0 Å². The molecule has 4 heteroatoms. The first-order chi connectivity index (χ1) is 8.34. The molecule has 0 atom stereocenters. The summed E-state index contributed by atoms with van der Waals surface area (Å²) in [5.74, 6) is -1.46. The van der Waals surface area contributed by atoms with Crippen molar-refractivity contribution in [2.24, 2.45) is 0 Å². The number of hydrogen-bond donors (Lipinski definition) is 1. The second-order valence-electron chi connectivity index (χ2n) is 4.42. The van der Waals surface area contributed by atoms with Crippen molar-refractivity contribution in [2.45, 2.75) is 20.8 Å². The maximum Gasteiger partial charge on any atom is 0.190 e. The zero-order chi connectivity index (χ0) is 13.6. The number of benzene rings is 1. The number of phenolic OH excluding ortho intramolecular Hbond substituents is 1. The second-order valence-corrected chi connectivity index (χ2v) is 4.42. The van der Waals surface area contributed by atoms with E-state index in [0.29, 0.717) is 11.1 Å². The molecule has 0 saturated heterocycles. The Morgan fingerprint density at radius 2 is 1.83 bits per heavy atom. The summed E-state index contributed by atoms with van der Waals surface area (Å²) >= 11 is 0. The fraction of sp³-hybridized carbons (Fsp3) is 0.214. The lowest BCUT2D eigenvalue weighted by Crippen LogP contribution is -2.17. The molecule has 0 bridgehead atoms. The predicted molar refractivity (Wildman–Crippen MR) is 65.3 cm³/mol. The number of aryl methyl sites for hydroxylation is 1. The first-order valence-electron chi connectivity index (χ1n) is 5.49. The third-order valence-electron chi connectivity index (χ3n) is 3.05. The number of ketones is 3. The average molecular weight is 244 g/mol. The SMILES string of the molecule is CC(=O)c1c(C)cc2c(c1O)C(=O)C=C(C)C2=O. The van der Waals surface area contributed by atoms with Crippen molar-refractivity contribution in [2.75, 3.05) is 0 Å². The number of fused-ring (bicyclic) bond motifs is 1. The third kappa shape index (κ3) is 1.57. The summed E-state index contributed by atoms with van der Waals surface area (Å²) in [7, 11) is 0. The zero-order valence-electron chi connectivity index (χ0n) is 10.3. The van der Waals surface area contributed by atoms with E-state index in [1.165, 1.54) is 19.1 Å². The van der Waals surface area contributed by atoms with Crippen LogP contribution >= 0.6 is 0 Å². The quantitative estimate of drug-likeness (QED) is 0.769. The van der Waals surface area contributed by atoms with Gasteiger partial charge in [0.1, 0.15) is 5.75 Å². The Labute approximate surface area is 104 Å². The highest BCUT2D eigenvalue weighted by Gasteiger charge is 2.29. The molecular weight excluding hydrogens is 232 g/mol. The fourth-order valence-corrected chi connectivity index (χ4v) is 2.22. The van der Waals surface area contributed by atoms with Crippen LogP contribution in [0.15, 0.2) is 17.7 Å². The fourth-order valence-electron chi connectivity index (χ4n) is 2.22. The van der Waals surface area contributed by atoms with Crippen LogP contribution in [0.4, 0.5) is 0 Å². The number of carbonyl (C=O) groups excluding carboxylic acids is 3. The molecule has 92 valence electrons. The van der Waals surface area contributed by atoms with Crippen LogP contribution in [0.25, 0.3) is 0 Å². The lowest BCUT2D eigenvalue weighted by Gasteiger charge is -2.17. The molecule has 1 aliphatic carbocycles. The van der Waals surface area contributed by atoms with E-state index in [0.717, 1.165) is 0 Å². The number of hydrogen-bond acceptors (Lipinski definition) is 4. The first-order valence-corrected chi connectivity index (χ1v) is 5.49. The monoisotopic (exact) mass is 244 g/mol. The molecule has 1 aromatic rings. The molecule has 0 heterocycles. The van der Waals surface area contributed by atoms with Gasteiger partial charge in [-0.25, -0.2) is 0 Å². The highest BCUT2D eigenvalue weighted by atomic mass is 16.3. The van der Waals surface area contributed by atoms with E-state index in [4.69, 9.17) is 0 Å². The van der Waals surface area contributed by atoms with Gasteiger partial charge in [0.25, 0.3) is 0 Å². The average Bonchev–Trinajstić information content (AvgIpc) is 2.24. The van der Waals surface area contributed by atoms with E-state index in [1.54, 1.807) is 13.8 Å². The second kappa shape index (κ2) is 3.91. The standard InChI is InChI=1S/C14H12O4/c1-6-4-9-12(14(18)11(6)8(3)15)10(16)5-7(2)13(9)17/h4-5,18H,1-3H3. The van der Waals surface area contributed by atoms with Gasteiger partial charge >= 0.3 is 0 Å². The normalized spacial score (nSPS) is 14.3. The van der Waals surface area contributed by atoms with E-state index >= 15 is 0 Å². The predicted octanol–water partition coefficient (Wildman–Crippen LogP) is 2.23. The minimum Gasteiger partial charge on any atom is -0.506 e. The van der Waals surface area contributed by atoms with Gasteiger partial charge in [-0.15, -0.1) is 0 Å². The van der Waals surface area contributed by atoms with Crippen LogP contribution in [0.1, 0.15) is 50.5 Å². The largest absolute Gasteiger partial charge is 0.506 e. The van der Waals surface area contributed by atoms with E-state index < -0.39 is 5.78 Å². The Morgan fingerprint density at radius 1 is 1.22 bits per heavy atom. The Kier molecular flexibility index (Phi) is 2.66. The number of rotatable bonds is 1. The number of phenols is 1. The molecule has 1 aromatic carbocycles. The summed E-state index contributed by atoms with van der Waals surface area (Å²) in [4.78, 5) is 35.2. The minimum absolute atomic E-state index is 0.0681. The zero-order valence-corrected chi connectivity index (χ0v) is 10.3. The molecule has 0 radical (unpaired) electrons. The molecule has 18 heavy (non-hydrogen) atoms. The Bertz CT molecular complexity index is 636. The molecule has 2 rings (SSSR count). The lowest BCUT2D eigenvalue weighted by atomic mass is 9.85. The highest BCUT2D eigenvalue weighted by molar-refractivity contribution is 6.26. The van der Waals surface area contributed by atoms with Crippen molar-refractivity contribution in [1.29, 1.82) is 0 Å². The number of aromatic hydroxyl groups is 1. The van der Waals surface area contributed by atoms with Gasteiger partial charge in [0.15, 0.2) is 17.3 Å². The molecule has 0 aromatic heterocycles. The van der Waals surface area contributed by atoms with Crippen LogP contribution in [0.2, 0.25) is 0 Å². The van der Waals surface area contributed by atoms with Gasteiger partial charge in [0.2, 0.25) is 0 Å². The summed E-state index contributed by atoms with van der Waals surface area (Å²) in [6, 6.07) is 1.49. The summed E-state index contributed by atoms with van der Waals surface area (Å²) in [6.45, 7) is 4.49. The van der Waals surface area contributed by atoms with Crippen molar-refractivity contribution in [3.63, 3.8) is 0 Å². The molecule has 0 saturated carbocycles. The van der Waals surface area contributed by atoms with Crippen LogP contribution in [-0.2, 0) is 0 Å². The molecular formula is C14H12O4. The summed E-state index contributed by atoms with van der Waals surface area (Å²) < 4.78 is 0. The van der Waals surface area contributed by atoms with Crippen molar-refractivity contribution in [3.8, 4) is 5.75 Å². The maximum absolute atomic E-state index is 11.9. The summed E-state index contributed by atoms with van der Waals surface area (Å²) in [6.07, 6.45) is 1.18. The van der Waals surface area contributed by atoms with Crippen molar-refractivity contribution in [3.05, 3.63) is 40.0 Å². The molecule has 0 fully saturated rings. The number of carbonyl (C=O) groups is 3. The molecule has 0 spiro atoms. The molecule has 0 aliphatic heterocycles. The third-order valence-corrected chi connectivity index (χ3v) is 3.05. The minimum atomic E-state index is -0.442. The highest BCUT2D eigenvalue weighted by Crippen LogP contribution is 2.34. The smallest absolute Gasteiger partial charge is 0.190 e. The van der Waals surface area contributed by atoms with Gasteiger partial charge in [-0.3, -0.25) is 14.4 Å². The first kappa shape index (κ1) is 12.2. The van der Waals surface area contributed by atoms with Crippen LogP contribution in [-0.4, -0.2) is 22.5 Å². The Balaban J connectivity index is 2.85. The molecule has 4 nitrogen and oxygen atoms in total. The van der Waals surface area contributed by atoms with Gasteiger partial charge < -0.3 is 5.11 Å². The lowest BCUT2D eigenvalue weighted by molar-refractivity contribution is 0.0979. The van der Waals surface area contributed by atoms with E-state index in [2.05, 4.69) is 0 Å². The Hall–Kier alpha value is -2.23. The molecule has 1 N–H and O–H groups in total. The van der Waals surface area contributed by atoms with Crippen LogP contribution in [0.5, 0.6) is 5.75 Å². The summed E-state index contributed by atoms with van der Waals surface area (Å²) in [5, 5.41) is 10.0. The van der Waals surface area contributed by atoms with Gasteiger partial charge in [0, 0.05) is 11.1 Å². The van der Waals surface area contributed by atoms with Crippen LogP contribution in [0, 0.1) is 6.92 Å². The van der Waals surface area contributed by atoms with Crippen LogP contribution < -0.4 is 0 Å². The van der Waals surface area contributed by atoms with E-state index in [9.17, 15) is 19.5 Å². The van der Waals surface area contributed by atoms with E-state index in [1.807, 2.05) is 0 Å². The molecule has 1 aliphatic rings. The van der Waals surface area contributed by atoms with Crippen molar-refractivity contribution < 1.29 is 19.5 Å². The van der Waals surface area contributed by atoms with E-state index in [-0.39, 0.29) is 34.0 Å². The van der Waals surface area contributed by atoms with Gasteiger partial charge in [0.05, 0.1) is 11.1 Å². The van der Waals surface area contributed by atoms with Crippen molar-refractivity contribution >= 4 is 17.3 Å². The van der Waals surface area contributed by atoms with Crippen molar-refractivity contribution in [1.82, 2.24) is 0 Å². The topological polar surface area (TPSA) is 71.4 Å². The summed E-state index contributed by atoms with van der Waals surface area (Å²) in [5.41, 5.74) is 1.03. The van der Waals surface area contributed by atoms with Gasteiger partial charge in [-0.1, -0.05) is 0 Å². The molecule has 0 unspecified atom stereocenters. The Morgan fingerprint density at radius 3 is 2.39 bits per heavy atom.